The molecule has 0 atom stereocenters. The van der Waals surface area contributed by atoms with Crippen LogP contribution in [0, 0.1) is 5.41 Å². The fourth-order valence-corrected chi connectivity index (χ4v) is 5.03. The van der Waals surface area contributed by atoms with Gasteiger partial charge in [0.2, 0.25) is 5.91 Å². The first-order chi connectivity index (χ1) is 12.5. The fraction of sp³-hybridized carbons (Fsp3) is 0.737. The number of hydrogen-bond donors (Lipinski definition) is 2. The van der Waals surface area contributed by atoms with Crippen molar-refractivity contribution in [1.82, 2.24) is 19.8 Å². The number of piperidine rings is 2. The number of carbonyl (C=O) groups excluding carboxylic acids is 1. The highest BCUT2D eigenvalue weighted by Gasteiger charge is 2.43. The molecule has 0 radical (unpaired) electrons. The monoisotopic (exact) mass is 360 g/mol. The van der Waals surface area contributed by atoms with Crippen LogP contribution in [0.1, 0.15) is 57.1 Å². The molecule has 3 heterocycles. The second kappa shape index (κ2) is 7.02. The summed E-state index contributed by atoms with van der Waals surface area (Å²) in [7, 11) is 0. The van der Waals surface area contributed by atoms with Gasteiger partial charge in [-0.3, -0.25) is 19.5 Å². The predicted molar refractivity (Wildman–Crippen MR) is 97.8 cm³/mol. The van der Waals surface area contributed by atoms with Crippen LogP contribution in [-0.2, 0) is 11.3 Å². The summed E-state index contributed by atoms with van der Waals surface area (Å²) in [6.07, 6.45) is 8.71. The van der Waals surface area contributed by atoms with Crippen LogP contribution in [0.2, 0.25) is 0 Å². The first kappa shape index (κ1) is 17.5. The molecular weight excluding hydrogens is 332 g/mol. The van der Waals surface area contributed by atoms with E-state index in [1.165, 1.54) is 31.7 Å². The number of nitrogens with zero attached hydrogens (tertiary/aromatic N) is 2. The summed E-state index contributed by atoms with van der Waals surface area (Å²) in [5.74, 6) is 0.353. The van der Waals surface area contributed by atoms with Gasteiger partial charge < -0.3 is 9.88 Å². The van der Waals surface area contributed by atoms with Crippen molar-refractivity contribution in [3.8, 4) is 0 Å². The van der Waals surface area contributed by atoms with E-state index < -0.39 is 5.69 Å². The number of rotatable bonds is 3. The molecule has 3 fully saturated rings. The Morgan fingerprint density at radius 2 is 1.77 bits per heavy atom. The van der Waals surface area contributed by atoms with Crippen molar-refractivity contribution in [3.63, 3.8) is 0 Å². The SMILES string of the molecule is O=C1CCC2(CCN(Cc3cc(=O)[nH]c(=O)[nH]3)CC2)CN1C1CCCC1. The molecular formula is C19H28N4O3. The summed E-state index contributed by atoms with van der Waals surface area (Å²) in [4.78, 5) is 44.7. The second-order valence-corrected chi connectivity index (χ2v) is 8.35. The zero-order valence-corrected chi connectivity index (χ0v) is 15.3. The largest absolute Gasteiger partial charge is 0.339 e. The van der Waals surface area contributed by atoms with E-state index in [1.807, 2.05) is 0 Å². The molecule has 2 aliphatic heterocycles. The summed E-state index contributed by atoms with van der Waals surface area (Å²) in [5.41, 5.74) is 0.129. The van der Waals surface area contributed by atoms with Gasteiger partial charge in [0.1, 0.15) is 0 Å². The molecule has 1 aromatic heterocycles. The van der Waals surface area contributed by atoms with Crippen molar-refractivity contribution in [1.29, 1.82) is 0 Å². The maximum Gasteiger partial charge on any atom is 0.325 e. The lowest BCUT2D eigenvalue weighted by Gasteiger charge is -2.49. The van der Waals surface area contributed by atoms with Crippen LogP contribution in [0.25, 0.3) is 0 Å². The van der Waals surface area contributed by atoms with Crippen LogP contribution in [0.15, 0.2) is 15.7 Å². The first-order valence-corrected chi connectivity index (χ1v) is 9.87. The molecule has 2 N–H and O–H groups in total. The van der Waals surface area contributed by atoms with E-state index >= 15 is 0 Å². The molecule has 142 valence electrons. The van der Waals surface area contributed by atoms with Crippen molar-refractivity contribution in [2.24, 2.45) is 5.41 Å². The first-order valence-electron chi connectivity index (χ1n) is 9.87. The van der Waals surface area contributed by atoms with Gasteiger partial charge in [0.05, 0.1) is 0 Å². The number of aromatic nitrogens is 2. The van der Waals surface area contributed by atoms with Crippen LogP contribution < -0.4 is 11.2 Å². The maximum absolute atomic E-state index is 12.4. The smallest absolute Gasteiger partial charge is 0.325 e. The van der Waals surface area contributed by atoms with Crippen molar-refractivity contribution in [3.05, 3.63) is 32.6 Å². The number of hydrogen-bond acceptors (Lipinski definition) is 4. The van der Waals surface area contributed by atoms with Crippen LogP contribution in [0.5, 0.6) is 0 Å². The van der Waals surface area contributed by atoms with Crippen LogP contribution in [-0.4, -0.2) is 51.4 Å². The Balaban J connectivity index is 1.38. The average Bonchev–Trinajstić information content (AvgIpc) is 3.13. The van der Waals surface area contributed by atoms with Gasteiger partial charge in [-0.05, 0) is 50.6 Å². The molecule has 0 bridgehead atoms. The van der Waals surface area contributed by atoms with Gasteiger partial charge in [-0.25, -0.2) is 4.79 Å². The molecule has 7 nitrogen and oxygen atoms in total. The van der Waals surface area contributed by atoms with Gasteiger partial charge in [-0.15, -0.1) is 0 Å². The average molecular weight is 360 g/mol. The van der Waals surface area contributed by atoms with Crippen molar-refractivity contribution in [2.75, 3.05) is 19.6 Å². The number of carbonyl (C=O) groups is 1. The highest BCUT2D eigenvalue weighted by atomic mass is 16.2. The lowest BCUT2D eigenvalue weighted by atomic mass is 9.72. The number of likely N-dealkylation sites (tertiary alicyclic amines) is 2. The van der Waals surface area contributed by atoms with Gasteiger partial charge in [0.25, 0.3) is 5.56 Å². The maximum atomic E-state index is 12.4. The van der Waals surface area contributed by atoms with Gasteiger partial charge in [0.15, 0.2) is 0 Å². The second-order valence-electron chi connectivity index (χ2n) is 8.35. The van der Waals surface area contributed by atoms with E-state index in [1.54, 1.807) is 0 Å². The number of amides is 1. The zero-order valence-electron chi connectivity index (χ0n) is 15.3. The van der Waals surface area contributed by atoms with E-state index in [2.05, 4.69) is 19.8 Å². The number of H-pyrrole nitrogens is 2. The molecule has 1 aromatic rings. The molecule has 0 aromatic carbocycles. The lowest BCUT2D eigenvalue weighted by Crippen LogP contribution is -2.53. The number of nitrogens with one attached hydrogen (secondary N) is 2. The van der Waals surface area contributed by atoms with Gasteiger partial charge >= 0.3 is 5.69 Å². The molecule has 0 unspecified atom stereocenters. The Bertz CT molecular complexity index is 741. The topological polar surface area (TPSA) is 89.3 Å². The van der Waals surface area contributed by atoms with Crippen molar-refractivity contribution in [2.45, 2.75) is 64.0 Å². The Labute approximate surface area is 152 Å². The minimum atomic E-state index is -0.445. The molecule has 1 amide bonds. The fourth-order valence-electron chi connectivity index (χ4n) is 5.03. The summed E-state index contributed by atoms with van der Waals surface area (Å²) >= 11 is 0. The summed E-state index contributed by atoms with van der Waals surface area (Å²) in [5, 5.41) is 0. The normalized spacial score (nSPS) is 24.5. The molecule has 1 spiro atoms. The molecule has 26 heavy (non-hydrogen) atoms. The summed E-state index contributed by atoms with van der Waals surface area (Å²) < 4.78 is 0. The van der Waals surface area contributed by atoms with Crippen LogP contribution in [0.4, 0.5) is 0 Å². The van der Waals surface area contributed by atoms with Gasteiger partial charge in [-0.1, -0.05) is 12.8 Å². The molecule has 1 aliphatic carbocycles. The van der Waals surface area contributed by atoms with Crippen molar-refractivity contribution >= 4 is 5.91 Å². The van der Waals surface area contributed by atoms with Gasteiger partial charge in [-0.2, -0.15) is 0 Å². The predicted octanol–water partition coefficient (Wildman–Crippen LogP) is 1.21. The summed E-state index contributed by atoms with van der Waals surface area (Å²) in [6, 6.07) is 1.94. The minimum Gasteiger partial charge on any atom is -0.339 e. The number of aromatic amines is 2. The molecule has 7 heteroatoms. The third kappa shape index (κ3) is 3.63. The van der Waals surface area contributed by atoms with Crippen LogP contribution >= 0.6 is 0 Å². The van der Waals surface area contributed by atoms with Crippen molar-refractivity contribution < 1.29 is 4.79 Å². The zero-order chi connectivity index (χ0) is 18.1. The third-order valence-corrected chi connectivity index (χ3v) is 6.59. The Kier molecular flexibility index (Phi) is 4.73. The summed E-state index contributed by atoms with van der Waals surface area (Å²) in [6.45, 7) is 3.41. The highest BCUT2D eigenvalue weighted by molar-refractivity contribution is 5.77. The van der Waals surface area contributed by atoms with E-state index in [9.17, 15) is 14.4 Å². The quantitative estimate of drug-likeness (QED) is 0.848. The molecule has 1 saturated carbocycles. The Morgan fingerprint density at radius 1 is 1.04 bits per heavy atom. The van der Waals surface area contributed by atoms with E-state index in [-0.39, 0.29) is 11.0 Å². The van der Waals surface area contributed by atoms with E-state index in [4.69, 9.17) is 0 Å². The molecule has 3 aliphatic rings. The Morgan fingerprint density at radius 3 is 2.46 bits per heavy atom. The standard InChI is InChI=1S/C19H28N4O3/c24-16-11-14(20-18(26)21-16)12-22-9-7-19(8-10-22)6-5-17(25)23(13-19)15-3-1-2-4-15/h11,15H,1-10,12-13H2,(H2,20,21,24,26). The molecule has 2 saturated heterocycles. The van der Waals surface area contributed by atoms with E-state index in [0.717, 1.165) is 38.9 Å². The van der Waals surface area contributed by atoms with Crippen LogP contribution in [0.3, 0.4) is 0 Å². The molecule has 4 rings (SSSR count). The third-order valence-electron chi connectivity index (χ3n) is 6.59. The van der Waals surface area contributed by atoms with Gasteiger partial charge in [0, 0.05) is 37.3 Å². The van der Waals surface area contributed by atoms with E-state index in [0.29, 0.717) is 30.6 Å². The lowest BCUT2D eigenvalue weighted by molar-refractivity contribution is -0.142. The Hall–Kier alpha value is -1.89. The minimum absolute atomic E-state index is 0.259. The highest BCUT2D eigenvalue weighted by Crippen LogP contribution is 2.42.